The lowest BCUT2D eigenvalue weighted by Crippen LogP contribution is -2.41. The molecule has 5 amide bonds. The van der Waals surface area contributed by atoms with Crippen molar-refractivity contribution in [2.75, 3.05) is 5.32 Å². The monoisotopic (exact) mass is 500 g/mol. The van der Waals surface area contributed by atoms with Gasteiger partial charge in [0.2, 0.25) is 11.8 Å². The van der Waals surface area contributed by atoms with E-state index in [0.717, 1.165) is 28.0 Å². The molecule has 0 spiro atoms. The van der Waals surface area contributed by atoms with Crippen LogP contribution in [0.2, 0.25) is 0 Å². The quantitative estimate of drug-likeness (QED) is 0.529. The van der Waals surface area contributed by atoms with Crippen LogP contribution in [-0.2, 0) is 20.9 Å². The van der Waals surface area contributed by atoms with Crippen LogP contribution in [0, 0.1) is 5.92 Å². The summed E-state index contributed by atoms with van der Waals surface area (Å²) < 4.78 is 1.32. The number of nitrogens with zero attached hydrogens (tertiary/aromatic N) is 2. The first kappa shape index (κ1) is 21.6. The number of thiophene rings is 1. The summed E-state index contributed by atoms with van der Waals surface area (Å²) in [5.74, 6) is -3.20. The Morgan fingerprint density at radius 2 is 1.79 bits per heavy atom. The van der Waals surface area contributed by atoms with Crippen LogP contribution < -0.4 is 15.9 Å². The number of hydrogen-bond acceptors (Lipinski definition) is 8. The van der Waals surface area contributed by atoms with E-state index in [1.807, 2.05) is 23.6 Å². The average molecular weight is 501 g/mol. The number of urea groups is 1. The Hall–Kier alpha value is -3.22. The number of thioether (sulfide) groups is 1. The lowest BCUT2D eigenvalue weighted by atomic mass is 9.87. The van der Waals surface area contributed by atoms with E-state index < -0.39 is 40.8 Å². The summed E-state index contributed by atoms with van der Waals surface area (Å²) in [6, 6.07) is 11.4. The average Bonchev–Trinajstić information content (AvgIpc) is 3.47. The van der Waals surface area contributed by atoms with Gasteiger partial charge in [-0.25, -0.2) is 4.79 Å². The predicted molar refractivity (Wildman–Crippen MR) is 124 cm³/mol. The summed E-state index contributed by atoms with van der Waals surface area (Å²) in [5.41, 5.74) is 5.90. The number of imide groups is 3. The number of amides is 5. The Morgan fingerprint density at radius 1 is 1.03 bits per heavy atom. The molecule has 5 rings (SSSR count). The van der Waals surface area contributed by atoms with Gasteiger partial charge in [-0.2, -0.15) is 4.90 Å². The van der Waals surface area contributed by atoms with E-state index in [0.29, 0.717) is 20.5 Å². The summed E-state index contributed by atoms with van der Waals surface area (Å²) in [7, 11) is 0. The topological polar surface area (TPSA) is 132 Å². The molecule has 4 heterocycles. The van der Waals surface area contributed by atoms with Crippen molar-refractivity contribution in [3.8, 4) is 0 Å². The number of thiazole rings is 1. The lowest BCUT2D eigenvalue weighted by Gasteiger charge is -2.29. The van der Waals surface area contributed by atoms with Gasteiger partial charge in [-0.15, -0.1) is 11.3 Å². The van der Waals surface area contributed by atoms with Crippen molar-refractivity contribution in [2.24, 2.45) is 11.7 Å². The highest BCUT2D eigenvalue weighted by Crippen LogP contribution is 2.53. The molecule has 2 aliphatic heterocycles. The molecule has 2 aromatic heterocycles. The SMILES string of the molecule is NC(=O)N1C(=O)[C@@H]2[C@H](c3cccs3)c3sc(=O)n(CC(=O)Nc4ccccc4)c3S[C@@H]2C1=O. The number of nitrogens with one attached hydrogen (secondary N) is 1. The van der Waals surface area contributed by atoms with Gasteiger partial charge in [0.25, 0.3) is 5.91 Å². The van der Waals surface area contributed by atoms with Crippen molar-refractivity contribution < 1.29 is 19.2 Å². The number of primary amides is 1. The summed E-state index contributed by atoms with van der Waals surface area (Å²) >= 11 is 3.38. The van der Waals surface area contributed by atoms with Gasteiger partial charge >= 0.3 is 10.9 Å². The minimum Gasteiger partial charge on any atom is -0.351 e. The number of nitrogens with two attached hydrogens (primary N) is 1. The lowest BCUT2D eigenvalue weighted by molar-refractivity contribution is -0.135. The Balaban J connectivity index is 1.55. The Kier molecular flexibility index (Phi) is 5.43. The molecule has 9 nitrogen and oxygen atoms in total. The third-order valence-corrected chi connectivity index (χ3v) is 9.04. The van der Waals surface area contributed by atoms with Crippen LogP contribution in [0.3, 0.4) is 0 Å². The number of hydrogen-bond donors (Lipinski definition) is 2. The summed E-state index contributed by atoms with van der Waals surface area (Å²) in [6.07, 6.45) is 0. The molecule has 0 unspecified atom stereocenters. The number of benzene rings is 1. The molecule has 3 aromatic rings. The van der Waals surface area contributed by atoms with Crippen molar-refractivity contribution in [3.05, 3.63) is 67.3 Å². The van der Waals surface area contributed by atoms with Crippen LogP contribution in [0.1, 0.15) is 15.7 Å². The van der Waals surface area contributed by atoms with Gasteiger partial charge in [-0.1, -0.05) is 47.4 Å². The summed E-state index contributed by atoms with van der Waals surface area (Å²) in [5, 5.41) is 4.13. The van der Waals surface area contributed by atoms with E-state index in [2.05, 4.69) is 5.32 Å². The third kappa shape index (κ3) is 3.59. The number of aromatic nitrogens is 1. The zero-order valence-corrected chi connectivity index (χ0v) is 19.2. The Bertz CT molecular complexity index is 1330. The van der Waals surface area contributed by atoms with Crippen LogP contribution in [-0.4, -0.2) is 38.5 Å². The maximum absolute atomic E-state index is 13.0. The van der Waals surface area contributed by atoms with Gasteiger partial charge in [0, 0.05) is 21.4 Å². The van der Waals surface area contributed by atoms with Crippen LogP contribution in [0.15, 0.2) is 57.7 Å². The highest BCUT2D eigenvalue weighted by atomic mass is 32.2. The fourth-order valence-corrected chi connectivity index (χ4v) is 7.83. The second-order valence-corrected chi connectivity index (χ2v) is 10.5. The normalized spacial score (nSPS) is 21.6. The van der Waals surface area contributed by atoms with Gasteiger partial charge in [-0.05, 0) is 23.6 Å². The molecule has 1 fully saturated rings. The van der Waals surface area contributed by atoms with Crippen molar-refractivity contribution >= 4 is 63.9 Å². The van der Waals surface area contributed by atoms with Gasteiger partial charge in [0.1, 0.15) is 11.8 Å². The van der Waals surface area contributed by atoms with E-state index in [1.54, 1.807) is 24.3 Å². The molecular weight excluding hydrogens is 484 g/mol. The fraction of sp³-hybridized carbons (Fsp3) is 0.190. The zero-order valence-electron chi connectivity index (χ0n) is 16.8. The first-order valence-corrected chi connectivity index (χ1v) is 12.4. The summed E-state index contributed by atoms with van der Waals surface area (Å²) in [4.78, 5) is 64.8. The fourth-order valence-electron chi connectivity index (χ4n) is 4.11. The van der Waals surface area contributed by atoms with Crippen LogP contribution >= 0.6 is 34.4 Å². The number of rotatable bonds is 4. The van der Waals surface area contributed by atoms with Gasteiger partial charge < -0.3 is 11.1 Å². The number of fused-ring (bicyclic) bond motifs is 2. The number of anilines is 1. The van der Waals surface area contributed by atoms with Crippen LogP contribution in [0.5, 0.6) is 0 Å². The first-order chi connectivity index (χ1) is 15.9. The molecule has 0 saturated carbocycles. The number of likely N-dealkylation sites (tertiary alicyclic amines) is 1. The second-order valence-electron chi connectivity index (χ2n) is 7.45. The van der Waals surface area contributed by atoms with Gasteiger partial charge in [-0.3, -0.25) is 23.7 Å². The van der Waals surface area contributed by atoms with E-state index in [1.165, 1.54) is 15.9 Å². The van der Waals surface area contributed by atoms with Crippen LogP contribution in [0.4, 0.5) is 10.5 Å². The zero-order chi connectivity index (χ0) is 23.3. The van der Waals surface area contributed by atoms with Crippen molar-refractivity contribution in [1.29, 1.82) is 0 Å². The minimum absolute atomic E-state index is 0.247. The summed E-state index contributed by atoms with van der Waals surface area (Å²) in [6.45, 7) is -0.247. The van der Waals surface area contributed by atoms with E-state index in [-0.39, 0.29) is 11.4 Å². The van der Waals surface area contributed by atoms with Gasteiger partial charge in [0.15, 0.2) is 0 Å². The van der Waals surface area contributed by atoms with Crippen molar-refractivity contribution in [2.45, 2.75) is 22.7 Å². The molecule has 2 aliphatic rings. The number of carbonyl (C=O) groups excluding carboxylic acids is 4. The molecule has 1 aromatic carbocycles. The molecule has 1 saturated heterocycles. The maximum Gasteiger partial charge on any atom is 0.328 e. The Morgan fingerprint density at radius 3 is 2.45 bits per heavy atom. The molecule has 168 valence electrons. The number of carbonyl (C=O) groups is 4. The van der Waals surface area contributed by atoms with Crippen LogP contribution in [0.25, 0.3) is 0 Å². The van der Waals surface area contributed by atoms with Crippen molar-refractivity contribution in [3.63, 3.8) is 0 Å². The molecule has 3 N–H and O–H groups in total. The van der Waals surface area contributed by atoms with Gasteiger partial charge in [0.05, 0.1) is 10.9 Å². The standard InChI is InChI=1S/C21H16N4O5S3/c22-20(29)25-17(27)14-13(11-7-4-8-31-11)16-19(32-15(14)18(25)28)24(21(30)33-16)9-12(26)23-10-5-2-1-3-6-10/h1-8,13-15H,9H2,(H2,22,29)(H,23,26)/t13-,14+,15-/m0/s1. The molecule has 12 heteroatoms. The second kappa shape index (κ2) is 8.28. The molecule has 0 radical (unpaired) electrons. The van der Waals surface area contributed by atoms with E-state index in [4.69, 9.17) is 5.73 Å². The third-order valence-electron chi connectivity index (χ3n) is 5.48. The largest absolute Gasteiger partial charge is 0.351 e. The minimum atomic E-state index is -1.12. The smallest absolute Gasteiger partial charge is 0.328 e. The Labute approximate surface area is 199 Å². The van der Waals surface area contributed by atoms with Crippen molar-refractivity contribution in [1.82, 2.24) is 9.47 Å². The van der Waals surface area contributed by atoms with E-state index in [9.17, 15) is 24.0 Å². The maximum atomic E-state index is 13.0. The highest BCUT2D eigenvalue weighted by molar-refractivity contribution is 8.00. The molecule has 0 bridgehead atoms. The first-order valence-electron chi connectivity index (χ1n) is 9.82. The molecular formula is C21H16N4O5S3. The molecule has 33 heavy (non-hydrogen) atoms. The predicted octanol–water partition coefficient (Wildman–Crippen LogP) is 2.28. The molecule has 3 atom stereocenters. The highest BCUT2D eigenvalue weighted by Gasteiger charge is 2.58. The molecule has 0 aliphatic carbocycles. The number of para-hydroxylation sites is 1. The van der Waals surface area contributed by atoms with E-state index >= 15 is 0 Å².